The van der Waals surface area contributed by atoms with Crippen LogP contribution in [0.4, 0.5) is 5.69 Å². The van der Waals surface area contributed by atoms with Crippen LogP contribution in [0.3, 0.4) is 0 Å². The van der Waals surface area contributed by atoms with Gasteiger partial charge in [0.1, 0.15) is 5.75 Å². The molecule has 1 saturated heterocycles. The van der Waals surface area contributed by atoms with Gasteiger partial charge in [0, 0.05) is 13.0 Å². The minimum absolute atomic E-state index is 0.0840. The fourth-order valence-electron chi connectivity index (χ4n) is 4.46. The Morgan fingerprint density at radius 1 is 0.853 bits per heavy atom. The second-order valence-electron chi connectivity index (χ2n) is 8.44. The fraction of sp³-hybridized carbons (Fsp3) is 0.185. The molecule has 2 atom stereocenters. The molecule has 0 aliphatic carbocycles. The summed E-state index contributed by atoms with van der Waals surface area (Å²) >= 11 is 0. The van der Waals surface area contributed by atoms with E-state index in [0.29, 0.717) is 23.4 Å². The molecule has 0 unspecified atom stereocenters. The number of esters is 1. The Morgan fingerprint density at radius 2 is 1.44 bits per heavy atom. The molecular weight excluding hydrogens is 432 g/mol. The number of carbonyl (C=O) groups excluding carboxylic acids is 4. The number of amides is 3. The Balaban J connectivity index is 1.24. The summed E-state index contributed by atoms with van der Waals surface area (Å²) in [5.41, 5.74) is 2.13. The second-order valence-corrected chi connectivity index (χ2v) is 8.44. The van der Waals surface area contributed by atoms with Gasteiger partial charge in [-0.2, -0.15) is 0 Å². The van der Waals surface area contributed by atoms with Crippen LogP contribution in [0.2, 0.25) is 0 Å². The first-order valence-corrected chi connectivity index (χ1v) is 11.1. The highest BCUT2D eigenvalue weighted by molar-refractivity contribution is 6.34. The third-order valence-corrected chi connectivity index (χ3v) is 6.35. The first-order chi connectivity index (χ1) is 16.4. The summed E-state index contributed by atoms with van der Waals surface area (Å²) in [6.45, 7) is 2.24. The van der Waals surface area contributed by atoms with Gasteiger partial charge in [0.05, 0.1) is 28.8 Å². The highest BCUT2D eigenvalue weighted by atomic mass is 16.5. The van der Waals surface area contributed by atoms with Gasteiger partial charge in [-0.3, -0.25) is 19.2 Å². The maximum Gasteiger partial charge on any atom is 0.316 e. The van der Waals surface area contributed by atoms with Gasteiger partial charge in [0.2, 0.25) is 5.91 Å². The molecule has 7 nitrogen and oxygen atoms in total. The zero-order valence-corrected chi connectivity index (χ0v) is 18.5. The van der Waals surface area contributed by atoms with Crippen molar-refractivity contribution in [3.63, 3.8) is 0 Å². The van der Waals surface area contributed by atoms with E-state index in [0.717, 1.165) is 10.5 Å². The first-order valence-electron chi connectivity index (χ1n) is 11.1. The number of rotatable bonds is 5. The minimum Gasteiger partial charge on any atom is -0.426 e. The van der Waals surface area contributed by atoms with Gasteiger partial charge in [-0.05, 0) is 48.9 Å². The maximum absolute atomic E-state index is 12.7. The summed E-state index contributed by atoms with van der Waals surface area (Å²) in [4.78, 5) is 53.4. The van der Waals surface area contributed by atoms with Gasteiger partial charge in [0.15, 0.2) is 0 Å². The van der Waals surface area contributed by atoms with E-state index in [2.05, 4.69) is 0 Å². The molecule has 0 bridgehead atoms. The zero-order valence-electron chi connectivity index (χ0n) is 18.5. The summed E-state index contributed by atoms with van der Waals surface area (Å²) in [5.74, 6) is -1.62. The van der Waals surface area contributed by atoms with Crippen molar-refractivity contribution in [1.29, 1.82) is 0 Å². The van der Waals surface area contributed by atoms with Gasteiger partial charge < -0.3 is 9.64 Å². The van der Waals surface area contributed by atoms with Crippen LogP contribution in [0.25, 0.3) is 0 Å². The van der Waals surface area contributed by atoms with E-state index in [1.165, 1.54) is 12.1 Å². The lowest BCUT2D eigenvalue weighted by atomic mass is 10.1. The Morgan fingerprint density at radius 3 is 2.06 bits per heavy atom. The number of ether oxygens (including phenoxy) is 1. The van der Waals surface area contributed by atoms with Crippen molar-refractivity contribution in [2.75, 3.05) is 11.4 Å². The third-order valence-electron chi connectivity index (χ3n) is 6.35. The number of imide groups is 1. The Kier molecular flexibility index (Phi) is 5.45. The number of hydrogen-bond acceptors (Lipinski definition) is 5. The van der Waals surface area contributed by atoms with E-state index in [4.69, 9.17) is 4.74 Å². The summed E-state index contributed by atoms with van der Waals surface area (Å²) in [7, 11) is 0. The number of hydrogen-bond donors (Lipinski definition) is 0. The lowest BCUT2D eigenvalue weighted by Crippen LogP contribution is -2.30. The molecule has 5 rings (SSSR count). The average Bonchev–Trinajstić information content (AvgIpc) is 3.37. The zero-order chi connectivity index (χ0) is 23.8. The number of benzene rings is 3. The quantitative estimate of drug-likeness (QED) is 0.331. The average molecular weight is 454 g/mol. The Bertz CT molecular complexity index is 1250. The molecule has 170 valence electrons. The van der Waals surface area contributed by atoms with Gasteiger partial charge >= 0.3 is 5.97 Å². The fourth-order valence-corrected chi connectivity index (χ4v) is 4.46. The molecule has 2 heterocycles. The summed E-state index contributed by atoms with van der Waals surface area (Å²) in [6.07, 6.45) is 0.100. The lowest BCUT2D eigenvalue weighted by Gasteiger charge is -2.25. The van der Waals surface area contributed by atoms with E-state index in [-0.39, 0.29) is 35.9 Å². The highest BCUT2D eigenvalue weighted by Gasteiger charge is 2.39. The van der Waals surface area contributed by atoms with Gasteiger partial charge in [-0.25, -0.2) is 4.90 Å². The molecule has 1 fully saturated rings. The van der Waals surface area contributed by atoms with Crippen LogP contribution in [-0.2, 0) is 9.59 Å². The van der Waals surface area contributed by atoms with Crippen LogP contribution < -0.4 is 9.64 Å². The third kappa shape index (κ3) is 3.75. The van der Waals surface area contributed by atoms with Crippen LogP contribution >= 0.6 is 0 Å². The number of nitrogens with zero attached hydrogens (tertiary/aromatic N) is 2. The van der Waals surface area contributed by atoms with Crippen LogP contribution in [0.15, 0.2) is 78.9 Å². The predicted molar refractivity (Wildman–Crippen MR) is 124 cm³/mol. The smallest absolute Gasteiger partial charge is 0.316 e. The first kappa shape index (κ1) is 21.6. The number of carbonyl (C=O) groups is 4. The molecule has 7 heteroatoms. The van der Waals surface area contributed by atoms with Crippen molar-refractivity contribution in [1.82, 2.24) is 4.90 Å². The summed E-state index contributed by atoms with van der Waals surface area (Å²) in [5, 5.41) is 0. The molecule has 2 aliphatic rings. The largest absolute Gasteiger partial charge is 0.426 e. The molecule has 0 radical (unpaired) electrons. The maximum atomic E-state index is 12.7. The molecule has 2 aliphatic heterocycles. The topological polar surface area (TPSA) is 84.0 Å². The molecule has 0 saturated carbocycles. The summed E-state index contributed by atoms with van der Waals surface area (Å²) < 4.78 is 5.51. The van der Waals surface area contributed by atoms with Crippen molar-refractivity contribution in [3.8, 4) is 5.75 Å². The lowest BCUT2D eigenvalue weighted by molar-refractivity contribution is -0.139. The van der Waals surface area contributed by atoms with Crippen molar-refractivity contribution in [2.24, 2.45) is 5.92 Å². The van der Waals surface area contributed by atoms with Gasteiger partial charge in [-0.15, -0.1) is 0 Å². The van der Waals surface area contributed by atoms with E-state index >= 15 is 0 Å². The van der Waals surface area contributed by atoms with E-state index in [1.807, 2.05) is 37.3 Å². The molecule has 0 spiro atoms. The van der Waals surface area contributed by atoms with E-state index in [9.17, 15) is 19.2 Å². The van der Waals surface area contributed by atoms with Crippen molar-refractivity contribution in [2.45, 2.75) is 19.4 Å². The normalized spacial score (nSPS) is 18.3. The van der Waals surface area contributed by atoms with Gasteiger partial charge in [0.25, 0.3) is 11.8 Å². The SMILES string of the molecule is C[C@H](c1ccccc1)N1C[C@@H](C(=O)Oc2ccc(N3C(=O)c4ccccc4C3=O)cc2)CC1=O. The molecule has 3 amide bonds. The number of likely N-dealkylation sites (tertiary alicyclic amines) is 1. The standard InChI is InChI=1S/C27H22N2O5/c1-17(18-7-3-2-4-8-18)28-16-19(15-24(28)30)27(33)34-21-13-11-20(12-14-21)29-25(31)22-9-5-6-10-23(22)26(29)32/h2-14,17,19H,15-16H2,1H3/t17-,19+/m1/s1. The Hall–Kier alpha value is -4.26. The van der Waals surface area contributed by atoms with Gasteiger partial charge in [-0.1, -0.05) is 42.5 Å². The number of fused-ring (bicyclic) bond motifs is 1. The van der Waals surface area contributed by atoms with Crippen LogP contribution in [0, 0.1) is 5.92 Å². The highest BCUT2D eigenvalue weighted by Crippen LogP contribution is 2.31. The van der Waals surface area contributed by atoms with Crippen molar-refractivity contribution < 1.29 is 23.9 Å². The molecular formula is C27H22N2O5. The molecule has 0 N–H and O–H groups in total. The molecule has 34 heavy (non-hydrogen) atoms. The van der Waals surface area contributed by atoms with Crippen LogP contribution in [0.5, 0.6) is 5.75 Å². The van der Waals surface area contributed by atoms with Crippen molar-refractivity contribution in [3.05, 3.63) is 95.6 Å². The molecule has 3 aromatic rings. The molecule has 3 aromatic carbocycles. The second kappa shape index (κ2) is 8.59. The van der Waals surface area contributed by atoms with Crippen LogP contribution in [-0.4, -0.2) is 35.1 Å². The molecule has 0 aromatic heterocycles. The number of anilines is 1. The Labute approximate surface area is 196 Å². The van der Waals surface area contributed by atoms with Crippen molar-refractivity contribution >= 4 is 29.4 Å². The summed E-state index contributed by atoms with van der Waals surface area (Å²) in [6, 6.07) is 22.4. The minimum atomic E-state index is -0.561. The van der Waals surface area contributed by atoms with E-state index in [1.54, 1.807) is 41.3 Å². The van der Waals surface area contributed by atoms with E-state index < -0.39 is 11.9 Å². The predicted octanol–water partition coefficient (Wildman–Crippen LogP) is 4.00. The van der Waals surface area contributed by atoms with Crippen LogP contribution in [0.1, 0.15) is 45.7 Å². The monoisotopic (exact) mass is 454 g/mol.